The molecule has 22 heavy (non-hydrogen) atoms. The van der Waals surface area contributed by atoms with E-state index in [0.29, 0.717) is 16.7 Å². The van der Waals surface area contributed by atoms with Crippen LogP contribution in [0, 0.1) is 5.82 Å². The maximum Gasteiger partial charge on any atom is 0.272 e. The van der Waals surface area contributed by atoms with Crippen LogP contribution in [0.5, 0.6) is 5.75 Å². The second-order valence-corrected chi connectivity index (χ2v) is 5.32. The zero-order valence-electron chi connectivity index (χ0n) is 11.3. The number of nitrogens with two attached hydrogens (primary N) is 1. The van der Waals surface area contributed by atoms with Crippen molar-refractivity contribution < 1.29 is 17.9 Å². The molecule has 0 heterocycles. The molecule has 2 N–H and O–H groups in total. The molecule has 0 unspecified atom stereocenters. The van der Waals surface area contributed by atoms with Gasteiger partial charge in [0, 0.05) is 22.7 Å². The Bertz CT molecular complexity index is 680. The number of halogens is 5. The van der Waals surface area contributed by atoms with Crippen molar-refractivity contribution in [3.8, 4) is 16.9 Å². The number of alkyl halides is 2. The standard InChI is InChI=1S/C15H12Cl2F3NO/c16-10-4-11(8-1-2-9(6-21)13(18)3-8)15(12(17)5-10)22-7-14(19)20/h1-5,14H,6-7,21H2. The first-order valence-corrected chi connectivity index (χ1v) is 7.06. The van der Waals surface area contributed by atoms with Gasteiger partial charge in [-0.1, -0.05) is 35.3 Å². The lowest BCUT2D eigenvalue weighted by Crippen LogP contribution is -2.08. The van der Waals surface area contributed by atoms with E-state index in [1.807, 2.05) is 0 Å². The summed E-state index contributed by atoms with van der Waals surface area (Å²) in [6, 6.07) is 7.20. The molecule has 0 aliphatic heterocycles. The molecule has 2 rings (SSSR count). The van der Waals surface area contributed by atoms with Gasteiger partial charge in [-0.15, -0.1) is 0 Å². The molecule has 0 aliphatic rings. The minimum atomic E-state index is -2.66. The summed E-state index contributed by atoms with van der Waals surface area (Å²) in [6.45, 7) is -0.769. The van der Waals surface area contributed by atoms with Crippen molar-refractivity contribution in [2.24, 2.45) is 5.73 Å². The van der Waals surface area contributed by atoms with Crippen molar-refractivity contribution in [2.75, 3.05) is 6.61 Å². The van der Waals surface area contributed by atoms with Crippen molar-refractivity contribution >= 4 is 23.2 Å². The molecule has 0 atom stereocenters. The summed E-state index contributed by atoms with van der Waals surface area (Å²) in [5.74, 6) is -0.470. The third kappa shape index (κ3) is 3.85. The molecule has 0 aromatic heterocycles. The summed E-state index contributed by atoms with van der Waals surface area (Å²) < 4.78 is 43.6. The number of hydrogen-bond donors (Lipinski definition) is 1. The van der Waals surface area contributed by atoms with Crippen molar-refractivity contribution in [2.45, 2.75) is 13.0 Å². The predicted molar refractivity (Wildman–Crippen MR) is 81.2 cm³/mol. The SMILES string of the molecule is NCc1ccc(-c2cc(Cl)cc(Cl)c2OCC(F)F)cc1F. The third-order valence-corrected chi connectivity index (χ3v) is 3.44. The Morgan fingerprint density at radius 2 is 1.86 bits per heavy atom. The summed E-state index contributed by atoms with van der Waals surface area (Å²) >= 11 is 11.9. The minimum Gasteiger partial charge on any atom is -0.485 e. The lowest BCUT2D eigenvalue weighted by Gasteiger charge is -2.14. The summed E-state index contributed by atoms with van der Waals surface area (Å²) in [5, 5.41) is 0.360. The molecule has 118 valence electrons. The van der Waals surface area contributed by atoms with Crippen LogP contribution in [0.25, 0.3) is 11.1 Å². The summed E-state index contributed by atoms with van der Waals surface area (Å²) in [4.78, 5) is 0. The van der Waals surface area contributed by atoms with Gasteiger partial charge in [0.05, 0.1) is 5.02 Å². The van der Waals surface area contributed by atoms with E-state index in [9.17, 15) is 13.2 Å². The number of ether oxygens (including phenoxy) is 1. The molecule has 0 fully saturated rings. The first-order chi connectivity index (χ1) is 10.4. The van der Waals surface area contributed by atoms with Crippen LogP contribution in [-0.2, 0) is 6.54 Å². The van der Waals surface area contributed by atoms with Crippen molar-refractivity contribution in [3.05, 3.63) is 51.8 Å². The Hall–Kier alpha value is -1.43. The molecule has 0 spiro atoms. The fourth-order valence-corrected chi connectivity index (χ4v) is 2.50. The lowest BCUT2D eigenvalue weighted by atomic mass is 10.0. The molecule has 7 heteroatoms. The van der Waals surface area contributed by atoms with E-state index in [-0.39, 0.29) is 22.3 Å². The van der Waals surface area contributed by atoms with E-state index in [2.05, 4.69) is 0 Å². The van der Waals surface area contributed by atoms with Gasteiger partial charge >= 0.3 is 0 Å². The highest BCUT2D eigenvalue weighted by molar-refractivity contribution is 6.36. The number of rotatable bonds is 5. The topological polar surface area (TPSA) is 35.2 Å². The molecule has 0 saturated carbocycles. The van der Waals surface area contributed by atoms with E-state index < -0.39 is 18.8 Å². The van der Waals surface area contributed by atoms with Gasteiger partial charge in [0.25, 0.3) is 6.43 Å². The fourth-order valence-electron chi connectivity index (χ4n) is 1.95. The largest absolute Gasteiger partial charge is 0.485 e. The normalized spacial score (nSPS) is 11.0. The van der Waals surface area contributed by atoms with Gasteiger partial charge in [0.1, 0.15) is 18.2 Å². The Labute approximate surface area is 135 Å². The molecule has 2 nitrogen and oxygen atoms in total. The molecular weight excluding hydrogens is 338 g/mol. The van der Waals surface area contributed by atoms with Crippen molar-refractivity contribution in [3.63, 3.8) is 0 Å². The third-order valence-electron chi connectivity index (χ3n) is 2.95. The van der Waals surface area contributed by atoms with E-state index in [4.69, 9.17) is 33.7 Å². The maximum atomic E-state index is 13.9. The number of hydrogen-bond acceptors (Lipinski definition) is 2. The highest BCUT2D eigenvalue weighted by Crippen LogP contribution is 2.39. The zero-order valence-corrected chi connectivity index (χ0v) is 12.8. The molecule has 0 saturated heterocycles. The van der Waals surface area contributed by atoms with E-state index in [1.165, 1.54) is 24.3 Å². The molecule has 0 radical (unpaired) electrons. The number of benzene rings is 2. The molecular formula is C15H12Cl2F3NO. The minimum absolute atomic E-state index is 0.0336. The average Bonchev–Trinajstić information content (AvgIpc) is 2.45. The molecule has 0 amide bonds. The lowest BCUT2D eigenvalue weighted by molar-refractivity contribution is 0.0822. The van der Waals surface area contributed by atoms with E-state index in [0.717, 1.165) is 0 Å². The monoisotopic (exact) mass is 349 g/mol. The van der Waals surface area contributed by atoms with E-state index in [1.54, 1.807) is 6.07 Å². The first-order valence-electron chi connectivity index (χ1n) is 6.31. The predicted octanol–water partition coefficient (Wildman–Crippen LogP) is 4.90. The highest BCUT2D eigenvalue weighted by atomic mass is 35.5. The van der Waals surface area contributed by atoms with Gasteiger partial charge in [-0.05, 0) is 23.8 Å². The maximum absolute atomic E-state index is 13.9. The fraction of sp³-hybridized carbons (Fsp3) is 0.200. The summed E-state index contributed by atoms with van der Waals surface area (Å²) in [6.07, 6.45) is -2.66. The van der Waals surface area contributed by atoms with Crippen LogP contribution in [0.1, 0.15) is 5.56 Å². The van der Waals surface area contributed by atoms with Crippen LogP contribution < -0.4 is 10.5 Å². The van der Waals surface area contributed by atoms with Crippen molar-refractivity contribution in [1.82, 2.24) is 0 Å². The van der Waals surface area contributed by atoms with E-state index >= 15 is 0 Å². The molecule has 2 aromatic rings. The van der Waals surface area contributed by atoms with Gasteiger partial charge in [0.15, 0.2) is 0 Å². The quantitative estimate of drug-likeness (QED) is 0.832. The molecule has 2 aromatic carbocycles. The summed E-state index contributed by atoms with van der Waals surface area (Å²) in [7, 11) is 0. The first kappa shape index (κ1) is 16.9. The van der Waals surface area contributed by atoms with Crippen LogP contribution in [0.15, 0.2) is 30.3 Å². The van der Waals surface area contributed by atoms with Crippen LogP contribution in [0.2, 0.25) is 10.0 Å². The van der Waals surface area contributed by atoms with Gasteiger partial charge < -0.3 is 10.5 Å². The zero-order chi connectivity index (χ0) is 16.3. The Morgan fingerprint density at radius 3 is 2.45 bits per heavy atom. The van der Waals surface area contributed by atoms with Crippen molar-refractivity contribution in [1.29, 1.82) is 0 Å². The highest BCUT2D eigenvalue weighted by Gasteiger charge is 2.16. The van der Waals surface area contributed by atoms with Gasteiger partial charge in [-0.25, -0.2) is 13.2 Å². The Kier molecular flexibility index (Phi) is 5.56. The molecule has 0 aliphatic carbocycles. The second kappa shape index (κ2) is 7.22. The van der Waals surface area contributed by atoms with Crippen LogP contribution >= 0.6 is 23.2 Å². The summed E-state index contributed by atoms with van der Waals surface area (Å²) in [5.41, 5.74) is 6.49. The van der Waals surface area contributed by atoms with Crippen LogP contribution in [-0.4, -0.2) is 13.0 Å². The van der Waals surface area contributed by atoms with Gasteiger partial charge in [-0.2, -0.15) is 0 Å². The van der Waals surface area contributed by atoms with Crippen LogP contribution in [0.4, 0.5) is 13.2 Å². The smallest absolute Gasteiger partial charge is 0.272 e. The average molecular weight is 350 g/mol. The Balaban J connectivity index is 2.50. The van der Waals surface area contributed by atoms with Gasteiger partial charge in [0.2, 0.25) is 0 Å². The molecule has 0 bridgehead atoms. The van der Waals surface area contributed by atoms with Crippen LogP contribution in [0.3, 0.4) is 0 Å². The second-order valence-electron chi connectivity index (χ2n) is 4.48. The Morgan fingerprint density at radius 1 is 1.14 bits per heavy atom. The van der Waals surface area contributed by atoms with Gasteiger partial charge in [-0.3, -0.25) is 0 Å².